The van der Waals surface area contributed by atoms with Gasteiger partial charge in [0.1, 0.15) is 5.82 Å². The molecule has 0 spiro atoms. The van der Waals surface area contributed by atoms with Gasteiger partial charge in [0, 0.05) is 5.56 Å². The minimum absolute atomic E-state index is 0.0414. The van der Waals surface area contributed by atoms with Gasteiger partial charge in [-0.2, -0.15) is 8.78 Å². The van der Waals surface area contributed by atoms with E-state index in [9.17, 15) is 31.2 Å². The van der Waals surface area contributed by atoms with Gasteiger partial charge in [0.15, 0.2) is 0 Å². The van der Waals surface area contributed by atoms with Crippen LogP contribution >= 0.6 is 0 Å². The molecule has 0 heterocycles. The maximum absolute atomic E-state index is 12.8. The fraction of sp³-hybridized carbons (Fsp3) is 0.125. The molecule has 0 unspecified atom stereocenters. The summed E-state index contributed by atoms with van der Waals surface area (Å²) in [6.45, 7) is 0. The highest BCUT2D eigenvalue weighted by Gasteiger charge is 2.26. The molecule has 0 aliphatic rings. The first kappa shape index (κ1) is 19.4. The predicted octanol–water partition coefficient (Wildman–Crippen LogP) is 1.83. The molecule has 0 aliphatic carbocycles. The van der Waals surface area contributed by atoms with Crippen LogP contribution in [0.15, 0.2) is 53.4 Å². The van der Waals surface area contributed by atoms with Crippen LogP contribution in [0.4, 0.5) is 13.2 Å². The van der Waals surface area contributed by atoms with Gasteiger partial charge in [-0.1, -0.05) is 12.1 Å². The van der Waals surface area contributed by atoms with E-state index >= 15 is 0 Å². The molecule has 2 rings (SSSR count). The fourth-order valence-electron chi connectivity index (χ4n) is 1.93. The Morgan fingerprint density at radius 2 is 1.50 bits per heavy atom. The van der Waals surface area contributed by atoms with Gasteiger partial charge in [-0.3, -0.25) is 20.4 Å². The molecule has 26 heavy (non-hydrogen) atoms. The van der Waals surface area contributed by atoms with Crippen LogP contribution in [0.3, 0.4) is 0 Å². The summed E-state index contributed by atoms with van der Waals surface area (Å²) in [7, 11) is -4.74. The van der Waals surface area contributed by atoms with E-state index in [0.29, 0.717) is 5.56 Å². The van der Waals surface area contributed by atoms with E-state index in [-0.39, 0.29) is 12.0 Å². The van der Waals surface area contributed by atoms with Gasteiger partial charge in [-0.25, -0.2) is 12.8 Å². The zero-order valence-electron chi connectivity index (χ0n) is 13.1. The first-order valence-electron chi connectivity index (χ1n) is 7.16. The number of halogens is 3. The Bertz CT molecular complexity index is 898. The number of rotatable bonds is 5. The highest BCUT2D eigenvalue weighted by molar-refractivity contribution is 7.91. The quantitative estimate of drug-likeness (QED) is 0.767. The summed E-state index contributed by atoms with van der Waals surface area (Å²) in [6.07, 6.45) is -0.105. The second kappa shape index (κ2) is 8.00. The minimum Gasteiger partial charge on any atom is -0.273 e. The monoisotopic (exact) mass is 386 g/mol. The molecule has 0 bridgehead atoms. The largest absolute Gasteiger partial charge is 0.341 e. The van der Waals surface area contributed by atoms with Gasteiger partial charge in [0.05, 0.1) is 11.3 Å². The molecular formula is C16H13F3N2O4S. The lowest BCUT2D eigenvalue weighted by molar-refractivity contribution is -0.121. The molecule has 10 heteroatoms. The van der Waals surface area contributed by atoms with E-state index in [1.165, 1.54) is 24.3 Å². The number of amides is 2. The van der Waals surface area contributed by atoms with Gasteiger partial charge in [0.2, 0.25) is 15.7 Å². The van der Waals surface area contributed by atoms with Gasteiger partial charge in [-0.05, 0) is 42.0 Å². The van der Waals surface area contributed by atoms with Crippen molar-refractivity contribution in [1.82, 2.24) is 10.9 Å². The summed E-state index contributed by atoms with van der Waals surface area (Å²) in [5.74, 6) is -5.34. The van der Waals surface area contributed by atoms with Crippen LogP contribution in [0.1, 0.15) is 15.9 Å². The number of carbonyl (C=O) groups is 2. The Morgan fingerprint density at radius 1 is 0.923 bits per heavy atom. The highest BCUT2D eigenvalue weighted by Crippen LogP contribution is 2.18. The Morgan fingerprint density at radius 3 is 2.04 bits per heavy atom. The molecule has 2 N–H and O–H groups in total. The maximum atomic E-state index is 12.8. The number of hydrogen-bond acceptors (Lipinski definition) is 4. The van der Waals surface area contributed by atoms with Crippen LogP contribution < -0.4 is 10.9 Å². The number of hydrogen-bond donors (Lipinski definition) is 2. The topological polar surface area (TPSA) is 92.3 Å². The Kier molecular flexibility index (Phi) is 5.98. The molecule has 2 aromatic rings. The summed E-state index contributed by atoms with van der Waals surface area (Å²) >= 11 is 0. The minimum atomic E-state index is -4.74. The molecule has 0 aromatic heterocycles. The van der Waals surface area contributed by atoms with E-state index in [2.05, 4.69) is 10.9 Å². The number of benzene rings is 2. The predicted molar refractivity (Wildman–Crippen MR) is 85.3 cm³/mol. The average molecular weight is 386 g/mol. The van der Waals surface area contributed by atoms with Crippen LogP contribution in [-0.2, 0) is 21.1 Å². The van der Waals surface area contributed by atoms with Crippen molar-refractivity contribution in [3.05, 3.63) is 65.5 Å². The maximum Gasteiger partial charge on any atom is 0.341 e. The standard InChI is InChI=1S/C16H13F3N2O4S/c17-12-5-1-10(2-6-12)9-14(22)20-21-15(23)11-3-7-13(8-4-11)26(24,25)16(18)19/h1-8,16H,9H2,(H,20,22)(H,21,23). The van der Waals surface area contributed by atoms with Crippen LogP contribution in [0, 0.1) is 5.82 Å². The SMILES string of the molecule is O=C(Cc1ccc(F)cc1)NNC(=O)c1ccc(S(=O)(=O)C(F)F)cc1. The fourth-order valence-corrected chi connectivity index (χ4v) is 2.65. The highest BCUT2D eigenvalue weighted by atomic mass is 32.2. The molecule has 0 atom stereocenters. The molecule has 0 radical (unpaired) electrons. The molecule has 6 nitrogen and oxygen atoms in total. The first-order valence-corrected chi connectivity index (χ1v) is 8.70. The molecule has 138 valence electrons. The lowest BCUT2D eigenvalue weighted by Gasteiger charge is -2.08. The molecule has 0 saturated carbocycles. The van der Waals surface area contributed by atoms with Crippen molar-refractivity contribution in [2.45, 2.75) is 17.1 Å². The van der Waals surface area contributed by atoms with E-state index in [1.807, 2.05) is 0 Å². The zero-order chi connectivity index (χ0) is 19.3. The van der Waals surface area contributed by atoms with Crippen molar-refractivity contribution in [2.75, 3.05) is 0 Å². The number of carbonyl (C=O) groups excluding carboxylic acids is 2. The molecule has 0 aliphatic heterocycles. The van der Waals surface area contributed by atoms with Gasteiger partial charge in [0.25, 0.3) is 5.91 Å². The van der Waals surface area contributed by atoms with E-state index in [0.717, 1.165) is 24.3 Å². The van der Waals surface area contributed by atoms with E-state index < -0.39 is 38.1 Å². The second-order valence-corrected chi connectivity index (χ2v) is 7.05. The van der Waals surface area contributed by atoms with Crippen molar-refractivity contribution < 1.29 is 31.2 Å². The number of hydrazine groups is 1. The van der Waals surface area contributed by atoms with Crippen molar-refractivity contribution in [3.63, 3.8) is 0 Å². The normalized spacial score (nSPS) is 11.2. The Labute approximate surface area is 146 Å². The molecule has 2 amide bonds. The van der Waals surface area contributed by atoms with Crippen LogP contribution in [0.5, 0.6) is 0 Å². The van der Waals surface area contributed by atoms with Crippen LogP contribution in [-0.4, -0.2) is 26.0 Å². The van der Waals surface area contributed by atoms with Gasteiger partial charge in [-0.15, -0.1) is 0 Å². The lowest BCUT2D eigenvalue weighted by atomic mass is 10.1. The second-order valence-electron chi connectivity index (χ2n) is 5.14. The third-order valence-corrected chi connectivity index (χ3v) is 4.67. The van der Waals surface area contributed by atoms with Crippen molar-refractivity contribution in [1.29, 1.82) is 0 Å². The van der Waals surface area contributed by atoms with Crippen LogP contribution in [0.2, 0.25) is 0 Å². The summed E-state index contributed by atoms with van der Waals surface area (Å²) in [5, 5.41) is 0. The van der Waals surface area contributed by atoms with E-state index in [1.54, 1.807) is 0 Å². The summed E-state index contributed by atoms with van der Waals surface area (Å²) in [4.78, 5) is 23.0. The summed E-state index contributed by atoms with van der Waals surface area (Å²) in [5.41, 5.74) is 4.72. The van der Waals surface area contributed by atoms with Crippen LogP contribution in [0.25, 0.3) is 0 Å². The lowest BCUT2D eigenvalue weighted by Crippen LogP contribution is -2.42. The van der Waals surface area contributed by atoms with Gasteiger partial charge < -0.3 is 0 Å². The third-order valence-electron chi connectivity index (χ3n) is 3.27. The molecule has 2 aromatic carbocycles. The third kappa shape index (κ3) is 4.82. The number of sulfone groups is 1. The molecular weight excluding hydrogens is 373 g/mol. The van der Waals surface area contributed by atoms with Crippen molar-refractivity contribution >= 4 is 21.7 Å². The van der Waals surface area contributed by atoms with Gasteiger partial charge >= 0.3 is 5.76 Å². The Hall–Kier alpha value is -2.88. The Balaban J connectivity index is 1.93. The van der Waals surface area contributed by atoms with E-state index in [4.69, 9.17) is 0 Å². The summed E-state index contributed by atoms with van der Waals surface area (Å²) in [6, 6.07) is 9.03. The van der Waals surface area contributed by atoms with Crippen molar-refractivity contribution in [2.24, 2.45) is 0 Å². The van der Waals surface area contributed by atoms with Crippen molar-refractivity contribution in [3.8, 4) is 0 Å². The molecule has 0 fully saturated rings. The molecule has 0 saturated heterocycles. The average Bonchev–Trinajstić information content (AvgIpc) is 2.61. The summed E-state index contributed by atoms with van der Waals surface area (Å²) < 4.78 is 60.2. The first-order chi connectivity index (χ1) is 12.2. The number of nitrogens with one attached hydrogen (secondary N) is 2. The smallest absolute Gasteiger partial charge is 0.273 e. The number of alkyl halides is 2. The zero-order valence-corrected chi connectivity index (χ0v) is 13.9.